The molecule has 2 aromatic rings. The maximum atomic E-state index is 6.18. The Bertz CT molecular complexity index is 828. The highest BCUT2D eigenvalue weighted by Crippen LogP contribution is 2.16. The number of rotatable bonds is 10. The summed E-state index contributed by atoms with van der Waals surface area (Å²) >= 11 is 0. The minimum Gasteiger partial charge on any atom is -0.421 e. The molecule has 11 heteroatoms. The van der Waals surface area contributed by atoms with Crippen LogP contribution in [-0.4, -0.2) is 76.9 Å². The fourth-order valence-corrected chi connectivity index (χ4v) is 10.3. The summed E-state index contributed by atoms with van der Waals surface area (Å²) in [5.74, 6) is 0. The van der Waals surface area contributed by atoms with Gasteiger partial charge in [0.15, 0.2) is 16.6 Å². The van der Waals surface area contributed by atoms with Crippen LogP contribution in [0.15, 0.2) is 54.6 Å². The van der Waals surface area contributed by atoms with Gasteiger partial charge in [-0.2, -0.15) is 0 Å². The molecule has 0 aliphatic carbocycles. The number of benzene rings is 2. The molecule has 0 amide bonds. The van der Waals surface area contributed by atoms with E-state index in [9.17, 15) is 0 Å². The average molecular weight is 799 g/mol. The van der Waals surface area contributed by atoms with Crippen LogP contribution in [0.5, 0.6) is 0 Å². The van der Waals surface area contributed by atoms with E-state index < -0.39 is 34.2 Å². The van der Waals surface area contributed by atoms with Gasteiger partial charge < -0.3 is 38.1 Å². The van der Waals surface area contributed by atoms with Gasteiger partial charge in [0.1, 0.15) is 0 Å². The van der Waals surface area contributed by atoms with E-state index >= 15 is 0 Å². The lowest BCUT2D eigenvalue weighted by atomic mass is 10.2. The molecule has 0 radical (unpaired) electrons. The molecule has 0 unspecified atom stereocenters. The Morgan fingerprint density at radius 1 is 0.353 bits per heavy atom. The van der Waals surface area contributed by atoms with Gasteiger partial charge in [-0.05, 0) is 46.2 Å². The van der Waals surface area contributed by atoms with Crippen LogP contribution in [0.4, 0.5) is 0 Å². The summed E-state index contributed by atoms with van der Waals surface area (Å²) in [7, 11) is 1.75. The monoisotopic (exact) mass is 798 g/mol. The smallest absolute Gasteiger partial charge is 0.421 e. The molecule has 0 saturated heterocycles. The zero-order valence-corrected chi connectivity index (χ0v) is 43.6. The second kappa shape index (κ2) is 49.0. The first-order chi connectivity index (χ1) is 23.7. The predicted molar refractivity (Wildman–Crippen MR) is 244 cm³/mol. The molecule has 0 N–H and O–H groups in total. The van der Waals surface area contributed by atoms with Gasteiger partial charge in [0.25, 0.3) is 0 Å². The molecule has 0 aliphatic heterocycles. The maximum absolute atomic E-state index is 6.18. The van der Waals surface area contributed by atoms with Gasteiger partial charge in [0, 0.05) is 53.0 Å². The van der Waals surface area contributed by atoms with E-state index in [1.165, 1.54) is 5.56 Å². The van der Waals surface area contributed by atoms with Crippen molar-refractivity contribution >= 4 is 44.6 Å². The van der Waals surface area contributed by atoms with Gasteiger partial charge in [-0.3, -0.25) is 0 Å². The van der Waals surface area contributed by atoms with Crippen LogP contribution in [0.1, 0.15) is 102 Å². The lowest BCUT2D eigenvalue weighted by Gasteiger charge is -2.33. The molecule has 0 atom stereocenters. The summed E-state index contributed by atoms with van der Waals surface area (Å²) in [5, 5.41) is 2.00. The second-order valence-corrected chi connectivity index (χ2v) is 25.0. The van der Waals surface area contributed by atoms with Gasteiger partial charge in [-0.1, -0.05) is 157 Å². The first-order valence-corrected chi connectivity index (χ1v) is 29.1. The van der Waals surface area contributed by atoms with E-state index in [1.54, 1.807) is 42.7 Å². The summed E-state index contributed by atoms with van der Waals surface area (Å²) in [6.07, 6.45) is 0. The predicted octanol–water partition coefficient (Wildman–Crippen LogP) is 12.2. The lowest BCUT2D eigenvalue weighted by Crippen LogP contribution is -2.59. The molecular weight excluding hydrogens is 705 g/mol. The summed E-state index contributed by atoms with van der Waals surface area (Å²) in [6.45, 7) is 43.0. The Balaban J connectivity index is -0.0000000658. The van der Waals surface area contributed by atoms with Crippen LogP contribution >= 0.6 is 0 Å². The van der Waals surface area contributed by atoms with E-state index in [2.05, 4.69) is 58.3 Å². The third-order valence-corrected chi connectivity index (χ3v) is 14.4. The van der Waals surface area contributed by atoms with Crippen LogP contribution in [0.25, 0.3) is 0 Å². The molecule has 0 heterocycles. The Morgan fingerprint density at radius 3 is 0.824 bits per heavy atom. The molecule has 0 aromatic heterocycles. The average Bonchev–Trinajstić information content (AvgIpc) is 3.18. The van der Waals surface area contributed by atoms with Crippen molar-refractivity contribution in [3.8, 4) is 0 Å². The normalized spacial score (nSPS) is 9.47. The van der Waals surface area contributed by atoms with Gasteiger partial charge >= 0.3 is 17.6 Å². The first-order valence-electron chi connectivity index (χ1n) is 18.8. The second-order valence-electron chi connectivity index (χ2n) is 9.90. The number of hydrogen-bond acceptors (Lipinski definition) is 7. The summed E-state index contributed by atoms with van der Waals surface area (Å²) in [6, 6.07) is 17.9. The fourth-order valence-electron chi connectivity index (χ4n) is 2.87. The number of hydrogen-bond donors (Lipinski definition) is 0. The third-order valence-electron chi connectivity index (χ3n) is 4.93. The largest absolute Gasteiger partial charge is 0.536 e. The van der Waals surface area contributed by atoms with Crippen molar-refractivity contribution in [2.24, 2.45) is 0 Å². The van der Waals surface area contributed by atoms with Gasteiger partial charge in [-0.15, -0.1) is 0 Å². The number of aryl methyl sites for hydroxylation is 1. The van der Waals surface area contributed by atoms with Crippen molar-refractivity contribution in [2.75, 3.05) is 42.7 Å². The highest BCUT2D eigenvalue weighted by Gasteiger charge is 2.45. The molecule has 0 bridgehead atoms. The van der Waals surface area contributed by atoms with Crippen molar-refractivity contribution in [3.63, 3.8) is 0 Å². The molecule has 7 nitrogen and oxygen atoms in total. The summed E-state index contributed by atoms with van der Waals surface area (Å²) < 4.78 is 38.4. The standard InChI is InChI=1S/C12H22O3Si2.C9H14O3Si.C4H12OSi.7C2H6.CH3/c1-11-7-9-12(10-8-11)17(13-2,14-3)15-16(4,5)6;1-10-13(11-2,12-3)9-7-5-4-6-8-9;1-5-6(2,3)4;7*1-2;/h7-10H,1-6H3;4-8H,1-3H3;1-4H3;7*1-2H3;1H3/q;;;;;;;;;;-1. The SMILES string of the molecule is CC.CC.CC.CC.CC.CC.CC.CO[Si](C)(C)C.CO[Si](OC)(OC)c1ccccc1.CO[Si](OC)(O[Si](C)(C)C)c1ccc(C)cc1.[CH3-]. The van der Waals surface area contributed by atoms with E-state index in [0.717, 1.165) is 10.4 Å². The van der Waals surface area contributed by atoms with Gasteiger partial charge in [-0.25, -0.2) is 0 Å². The molecule has 0 aliphatic rings. The van der Waals surface area contributed by atoms with E-state index in [-0.39, 0.29) is 7.43 Å². The molecule has 2 rings (SSSR count). The van der Waals surface area contributed by atoms with E-state index in [0.29, 0.717) is 0 Å². The zero-order valence-electron chi connectivity index (χ0n) is 39.6. The maximum Gasteiger partial charge on any atom is 0.536 e. The van der Waals surface area contributed by atoms with Crippen molar-refractivity contribution in [2.45, 2.75) is 143 Å². The van der Waals surface area contributed by atoms with Crippen LogP contribution in [0.3, 0.4) is 0 Å². The highest BCUT2D eigenvalue weighted by atomic mass is 28.5. The summed E-state index contributed by atoms with van der Waals surface area (Å²) in [5.41, 5.74) is 1.22. The Labute approximate surface area is 327 Å². The van der Waals surface area contributed by atoms with E-state index in [1.807, 2.05) is 139 Å². The molecule has 2 aromatic carbocycles. The van der Waals surface area contributed by atoms with Crippen molar-refractivity contribution in [1.29, 1.82) is 0 Å². The topological polar surface area (TPSA) is 64.6 Å². The molecular formula is C40H93O7Si4-. The van der Waals surface area contributed by atoms with Crippen molar-refractivity contribution in [1.82, 2.24) is 0 Å². The molecule has 0 saturated carbocycles. The van der Waals surface area contributed by atoms with Crippen LogP contribution in [-0.2, 0) is 30.7 Å². The van der Waals surface area contributed by atoms with E-state index in [4.69, 9.17) is 30.7 Å². The zero-order chi connectivity index (χ0) is 42.0. The minimum absolute atomic E-state index is 0. The molecule has 0 fully saturated rings. The van der Waals surface area contributed by atoms with Crippen LogP contribution in [0.2, 0.25) is 39.3 Å². The quantitative estimate of drug-likeness (QED) is 0.175. The van der Waals surface area contributed by atoms with Crippen molar-refractivity contribution < 1.29 is 30.7 Å². The Hall–Kier alpha value is -0.972. The molecule has 312 valence electrons. The highest BCUT2D eigenvalue weighted by molar-refractivity contribution is 6.86. The first kappa shape index (κ1) is 71.4. The molecule has 51 heavy (non-hydrogen) atoms. The van der Waals surface area contributed by atoms with Gasteiger partial charge in [0.05, 0.1) is 0 Å². The Kier molecular flexibility index (Phi) is 68.7. The molecule has 0 spiro atoms. The minimum atomic E-state index is -2.72. The van der Waals surface area contributed by atoms with Gasteiger partial charge in [0.2, 0.25) is 0 Å². The van der Waals surface area contributed by atoms with Crippen LogP contribution < -0.4 is 10.4 Å². The van der Waals surface area contributed by atoms with Crippen molar-refractivity contribution in [3.05, 3.63) is 67.6 Å². The third kappa shape index (κ3) is 38.6. The lowest BCUT2D eigenvalue weighted by molar-refractivity contribution is 0.140. The Morgan fingerprint density at radius 2 is 0.608 bits per heavy atom. The summed E-state index contributed by atoms with van der Waals surface area (Å²) in [4.78, 5) is 0. The fraction of sp³-hybridized carbons (Fsp3) is 0.675. The van der Waals surface area contributed by atoms with Crippen LogP contribution in [0, 0.1) is 14.4 Å².